The molecule has 1 fully saturated rings. The van der Waals surface area contributed by atoms with Crippen LogP contribution in [0.1, 0.15) is 31.8 Å². The molecule has 7 nitrogen and oxygen atoms in total. The maximum absolute atomic E-state index is 12.5. The molecule has 0 unspecified atom stereocenters. The van der Waals surface area contributed by atoms with Crippen molar-refractivity contribution in [3.63, 3.8) is 0 Å². The molecule has 160 valence electrons. The van der Waals surface area contributed by atoms with Gasteiger partial charge in [-0.2, -0.15) is 0 Å². The van der Waals surface area contributed by atoms with E-state index in [1.54, 1.807) is 42.5 Å². The van der Waals surface area contributed by atoms with Crippen molar-refractivity contribution in [3.05, 3.63) is 76.9 Å². The highest BCUT2D eigenvalue weighted by Gasteiger charge is 2.15. The summed E-state index contributed by atoms with van der Waals surface area (Å²) in [4.78, 5) is 25.5. The number of carboxylic acid groups (broad SMARTS) is 1. The summed E-state index contributed by atoms with van der Waals surface area (Å²) in [6, 6.07) is 15.4. The molecule has 4 rings (SSSR count). The Labute approximate surface area is 179 Å². The van der Waals surface area contributed by atoms with Crippen LogP contribution in [0.4, 0.5) is 0 Å². The number of phenolic OH excluding ortho intramolecular Hbond substituents is 1. The van der Waals surface area contributed by atoms with Crippen LogP contribution in [0.15, 0.2) is 54.6 Å². The maximum atomic E-state index is 12.5. The van der Waals surface area contributed by atoms with Gasteiger partial charge >= 0.3 is 11.9 Å². The smallest absolute Gasteiger partial charge is 0.339 e. The van der Waals surface area contributed by atoms with Gasteiger partial charge in [-0.25, -0.2) is 9.59 Å². The molecule has 0 aromatic heterocycles. The van der Waals surface area contributed by atoms with Crippen LogP contribution >= 0.6 is 0 Å². The molecule has 1 saturated heterocycles. The molecule has 2 N–H and O–H groups in total. The molecule has 0 bridgehead atoms. The molecule has 1 heterocycles. The lowest BCUT2D eigenvalue weighted by Crippen LogP contribution is -2.38. The van der Waals surface area contributed by atoms with E-state index in [4.69, 9.17) is 14.6 Å². The second kappa shape index (κ2) is 9.16. The van der Waals surface area contributed by atoms with Crippen LogP contribution in [0, 0.1) is 0 Å². The molecule has 0 aliphatic carbocycles. The van der Waals surface area contributed by atoms with E-state index in [0.29, 0.717) is 36.1 Å². The van der Waals surface area contributed by atoms with E-state index in [9.17, 15) is 14.7 Å². The Morgan fingerprint density at radius 1 is 0.968 bits per heavy atom. The summed E-state index contributed by atoms with van der Waals surface area (Å²) in [6.07, 6.45) is 0.438. The van der Waals surface area contributed by atoms with Gasteiger partial charge in [0.15, 0.2) is 0 Å². The number of aromatic carboxylic acids is 1. The molecule has 3 aromatic carbocycles. The molecule has 1 aliphatic heterocycles. The molecule has 0 spiro atoms. The van der Waals surface area contributed by atoms with Gasteiger partial charge in [-0.1, -0.05) is 30.3 Å². The number of rotatable bonds is 6. The molecule has 1 aliphatic rings. The third-order valence-corrected chi connectivity index (χ3v) is 5.39. The minimum absolute atomic E-state index is 0.0997. The number of nitrogens with zero attached hydrogens (tertiary/aromatic N) is 1. The Kier molecular flexibility index (Phi) is 6.16. The number of carboxylic acids is 1. The number of carbonyl (C=O) groups is 2. The second-order valence-corrected chi connectivity index (χ2v) is 7.48. The predicted molar refractivity (Wildman–Crippen MR) is 114 cm³/mol. The van der Waals surface area contributed by atoms with Gasteiger partial charge in [-0.3, -0.25) is 4.90 Å². The van der Waals surface area contributed by atoms with Crippen molar-refractivity contribution in [2.75, 3.05) is 33.0 Å². The van der Waals surface area contributed by atoms with E-state index < -0.39 is 11.9 Å². The van der Waals surface area contributed by atoms with Gasteiger partial charge in [-0.15, -0.1) is 0 Å². The molecule has 0 atom stereocenters. The van der Waals surface area contributed by atoms with E-state index >= 15 is 0 Å². The summed E-state index contributed by atoms with van der Waals surface area (Å²) in [7, 11) is 0. The fraction of sp³-hybridized carbons (Fsp3) is 0.250. The largest absolute Gasteiger partial charge is 0.507 e. The number of aromatic hydroxyl groups is 1. The van der Waals surface area contributed by atoms with Gasteiger partial charge < -0.3 is 19.7 Å². The van der Waals surface area contributed by atoms with Gasteiger partial charge in [0, 0.05) is 24.9 Å². The number of hydrogen-bond acceptors (Lipinski definition) is 6. The van der Waals surface area contributed by atoms with Gasteiger partial charge in [0.25, 0.3) is 0 Å². The first-order valence-corrected chi connectivity index (χ1v) is 10.1. The zero-order valence-electron chi connectivity index (χ0n) is 16.9. The van der Waals surface area contributed by atoms with E-state index in [2.05, 4.69) is 0 Å². The fourth-order valence-corrected chi connectivity index (χ4v) is 3.57. The highest BCUT2D eigenvalue weighted by molar-refractivity contribution is 5.98. The lowest BCUT2D eigenvalue weighted by molar-refractivity contribution is -0.0209. The summed E-state index contributed by atoms with van der Waals surface area (Å²) in [6.45, 7) is 2.91. The number of phenols is 1. The highest BCUT2D eigenvalue weighted by atomic mass is 16.5. The van der Waals surface area contributed by atoms with E-state index in [1.807, 2.05) is 17.0 Å². The third kappa shape index (κ3) is 4.84. The Hall–Kier alpha value is -3.42. The van der Waals surface area contributed by atoms with Crippen molar-refractivity contribution in [2.24, 2.45) is 0 Å². The SMILES string of the molecule is O=C(O)c1ccc(Cc2ccc3ccc(C(=O)OCN4CCOCC4)cc3c2O)cc1. The first kappa shape index (κ1) is 20.8. The summed E-state index contributed by atoms with van der Waals surface area (Å²) in [5, 5.41) is 21.2. The average molecular weight is 421 g/mol. The first-order chi connectivity index (χ1) is 15.0. The summed E-state index contributed by atoms with van der Waals surface area (Å²) >= 11 is 0. The maximum Gasteiger partial charge on any atom is 0.339 e. The Bertz CT molecular complexity index is 1100. The average Bonchev–Trinajstić information content (AvgIpc) is 2.80. The molecule has 31 heavy (non-hydrogen) atoms. The zero-order valence-corrected chi connectivity index (χ0v) is 16.9. The van der Waals surface area contributed by atoms with Crippen molar-refractivity contribution in [2.45, 2.75) is 6.42 Å². The number of morpholine rings is 1. The number of fused-ring (bicyclic) bond motifs is 1. The summed E-state index contributed by atoms with van der Waals surface area (Å²) in [5.74, 6) is -1.32. The van der Waals surface area contributed by atoms with Crippen molar-refractivity contribution < 1.29 is 29.3 Å². The minimum Gasteiger partial charge on any atom is -0.507 e. The molecule has 3 aromatic rings. The van der Waals surface area contributed by atoms with Crippen molar-refractivity contribution in [3.8, 4) is 5.75 Å². The Morgan fingerprint density at radius 3 is 2.35 bits per heavy atom. The lowest BCUT2D eigenvalue weighted by atomic mass is 9.98. The second-order valence-electron chi connectivity index (χ2n) is 7.48. The number of carbonyl (C=O) groups excluding carboxylic acids is 1. The normalized spacial score (nSPS) is 14.5. The van der Waals surface area contributed by atoms with Crippen LogP contribution in [0.5, 0.6) is 5.75 Å². The third-order valence-electron chi connectivity index (χ3n) is 5.39. The van der Waals surface area contributed by atoms with E-state index in [1.165, 1.54) is 0 Å². The number of esters is 1. The van der Waals surface area contributed by atoms with Crippen molar-refractivity contribution >= 4 is 22.7 Å². The van der Waals surface area contributed by atoms with E-state index in [0.717, 1.165) is 24.0 Å². The molecule has 7 heteroatoms. The monoisotopic (exact) mass is 421 g/mol. The minimum atomic E-state index is -0.979. The van der Waals surface area contributed by atoms with Crippen LogP contribution in [-0.2, 0) is 15.9 Å². The zero-order chi connectivity index (χ0) is 21.8. The van der Waals surface area contributed by atoms with Crippen molar-refractivity contribution in [1.29, 1.82) is 0 Å². The van der Waals surface area contributed by atoms with Gasteiger partial charge in [0.05, 0.1) is 24.3 Å². The lowest BCUT2D eigenvalue weighted by Gasteiger charge is -2.25. The fourth-order valence-electron chi connectivity index (χ4n) is 3.57. The topological polar surface area (TPSA) is 96.3 Å². The highest BCUT2D eigenvalue weighted by Crippen LogP contribution is 2.31. The number of ether oxygens (including phenoxy) is 2. The Balaban J connectivity index is 1.52. The summed E-state index contributed by atoms with van der Waals surface area (Å²) < 4.78 is 10.7. The van der Waals surface area contributed by atoms with Gasteiger partial charge in [0.1, 0.15) is 12.5 Å². The van der Waals surface area contributed by atoms with Crippen LogP contribution in [0.2, 0.25) is 0 Å². The summed E-state index contributed by atoms with van der Waals surface area (Å²) in [5.41, 5.74) is 2.15. The molecule has 0 saturated carbocycles. The first-order valence-electron chi connectivity index (χ1n) is 10.1. The molecule has 0 radical (unpaired) electrons. The molecular formula is C24H23NO6. The number of hydrogen-bond donors (Lipinski definition) is 2. The molecule has 0 amide bonds. The quantitative estimate of drug-likeness (QED) is 0.590. The Morgan fingerprint density at radius 2 is 1.65 bits per heavy atom. The standard InChI is InChI=1S/C24H23NO6/c26-22-19(13-16-1-3-18(4-2-16)23(27)28)7-5-17-6-8-20(14-21(17)22)24(29)31-15-25-9-11-30-12-10-25/h1-8,14,26H,9-13,15H2,(H,27,28). The van der Waals surface area contributed by atoms with E-state index in [-0.39, 0.29) is 18.0 Å². The van der Waals surface area contributed by atoms with Gasteiger partial charge in [0.2, 0.25) is 0 Å². The number of benzene rings is 3. The van der Waals surface area contributed by atoms with Crippen LogP contribution in [-0.4, -0.2) is 60.1 Å². The molecular weight excluding hydrogens is 398 g/mol. The van der Waals surface area contributed by atoms with Gasteiger partial charge in [-0.05, 0) is 40.8 Å². The van der Waals surface area contributed by atoms with Crippen LogP contribution in [0.3, 0.4) is 0 Å². The van der Waals surface area contributed by atoms with Crippen LogP contribution < -0.4 is 0 Å². The van der Waals surface area contributed by atoms with Crippen LogP contribution in [0.25, 0.3) is 10.8 Å². The predicted octanol–water partition coefficient (Wildman–Crippen LogP) is 3.28. The van der Waals surface area contributed by atoms with Crippen molar-refractivity contribution in [1.82, 2.24) is 4.90 Å².